The first-order valence-corrected chi connectivity index (χ1v) is 7.32. The van der Waals surface area contributed by atoms with Gasteiger partial charge in [-0.1, -0.05) is 18.2 Å². The monoisotopic (exact) mass is 407 g/mol. The molecule has 0 aliphatic heterocycles. The minimum absolute atomic E-state index is 0.00229. The van der Waals surface area contributed by atoms with Gasteiger partial charge in [0.15, 0.2) is 11.6 Å². The van der Waals surface area contributed by atoms with E-state index in [-0.39, 0.29) is 10.3 Å². The number of hydrogen-bond acceptors (Lipinski definition) is 1. The lowest BCUT2D eigenvalue weighted by molar-refractivity contribution is 0.500. The van der Waals surface area contributed by atoms with Crippen LogP contribution in [-0.2, 0) is 6.42 Å². The molecule has 2 rings (SSSR count). The van der Waals surface area contributed by atoms with E-state index in [0.717, 1.165) is 6.07 Å². The molecule has 1 nitrogen and oxygen atoms in total. The zero-order valence-corrected chi connectivity index (χ0v) is 13.3. The molecule has 0 saturated heterocycles. The molecule has 0 aliphatic carbocycles. The zero-order chi connectivity index (χ0) is 14.9. The third kappa shape index (κ3) is 3.07. The molecule has 20 heavy (non-hydrogen) atoms. The topological polar surface area (TPSA) is 26.0 Å². The van der Waals surface area contributed by atoms with Gasteiger partial charge in [-0.15, -0.1) is 0 Å². The van der Waals surface area contributed by atoms with Crippen LogP contribution in [-0.4, -0.2) is 0 Å². The van der Waals surface area contributed by atoms with Crippen LogP contribution in [0.3, 0.4) is 0 Å². The molecule has 0 spiro atoms. The van der Waals surface area contributed by atoms with Crippen LogP contribution < -0.4 is 5.73 Å². The number of hydrogen-bond donors (Lipinski definition) is 1. The Morgan fingerprint density at radius 2 is 1.65 bits per heavy atom. The van der Waals surface area contributed by atoms with Crippen molar-refractivity contribution in [1.29, 1.82) is 0 Å². The van der Waals surface area contributed by atoms with E-state index in [1.165, 1.54) is 12.1 Å². The summed E-state index contributed by atoms with van der Waals surface area (Å²) < 4.78 is 40.3. The second-order valence-electron chi connectivity index (χ2n) is 4.29. The minimum atomic E-state index is -0.976. The molecule has 1 unspecified atom stereocenters. The Hall–Kier alpha value is -0.850. The standard InChI is InChI=1S/C14H10Br2F3N/c15-12-7(2-1-3-9(12)17)6-11(20)8-4-5-10(18)14(19)13(8)16/h1-5,11H,6,20H2. The quantitative estimate of drug-likeness (QED) is 0.720. The zero-order valence-electron chi connectivity index (χ0n) is 10.1. The van der Waals surface area contributed by atoms with E-state index in [0.29, 0.717) is 22.0 Å². The summed E-state index contributed by atoms with van der Waals surface area (Å²) in [5, 5.41) is 0. The van der Waals surface area contributed by atoms with Crippen molar-refractivity contribution >= 4 is 31.9 Å². The number of halogens is 5. The SMILES string of the molecule is NC(Cc1cccc(F)c1Br)c1ccc(F)c(F)c1Br. The van der Waals surface area contributed by atoms with Gasteiger partial charge in [0.25, 0.3) is 0 Å². The van der Waals surface area contributed by atoms with Crippen LogP contribution >= 0.6 is 31.9 Å². The Kier molecular flexibility index (Phi) is 4.88. The van der Waals surface area contributed by atoms with Crippen molar-refractivity contribution in [2.45, 2.75) is 12.5 Å². The first-order valence-electron chi connectivity index (χ1n) is 5.73. The van der Waals surface area contributed by atoms with Gasteiger partial charge >= 0.3 is 0 Å². The van der Waals surface area contributed by atoms with Gasteiger partial charge in [0.2, 0.25) is 0 Å². The molecule has 2 N–H and O–H groups in total. The van der Waals surface area contributed by atoms with Crippen molar-refractivity contribution in [3.8, 4) is 0 Å². The Balaban J connectivity index is 2.31. The van der Waals surface area contributed by atoms with Crippen LogP contribution in [0.1, 0.15) is 17.2 Å². The summed E-state index contributed by atoms with van der Waals surface area (Å²) in [6.45, 7) is 0. The maximum absolute atomic E-state index is 13.5. The maximum Gasteiger partial charge on any atom is 0.173 e. The summed E-state index contributed by atoms with van der Waals surface area (Å²) in [7, 11) is 0. The highest BCUT2D eigenvalue weighted by molar-refractivity contribution is 9.10. The number of rotatable bonds is 3. The van der Waals surface area contributed by atoms with Crippen molar-refractivity contribution < 1.29 is 13.2 Å². The van der Waals surface area contributed by atoms with Crippen molar-refractivity contribution in [2.75, 3.05) is 0 Å². The normalized spacial score (nSPS) is 12.5. The van der Waals surface area contributed by atoms with Crippen LogP contribution in [0.4, 0.5) is 13.2 Å². The molecule has 0 amide bonds. The van der Waals surface area contributed by atoms with Gasteiger partial charge in [-0.2, -0.15) is 0 Å². The van der Waals surface area contributed by atoms with Gasteiger partial charge < -0.3 is 5.73 Å². The molecule has 0 aromatic heterocycles. The van der Waals surface area contributed by atoms with Crippen LogP contribution in [0.2, 0.25) is 0 Å². The van der Waals surface area contributed by atoms with Gasteiger partial charge in [-0.05, 0) is 61.5 Å². The molecule has 2 aromatic rings. The van der Waals surface area contributed by atoms with Crippen LogP contribution in [0, 0.1) is 17.5 Å². The van der Waals surface area contributed by atoms with Crippen molar-refractivity contribution in [2.24, 2.45) is 5.73 Å². The lowest BCUT2D eigenvalue weighted by Gasteiger charge is -2.15. The molecule has 0 saturated carbocycles. The summed E-state index contributed by atoms with van der Waals surface area (Å²) in [6, 6.07) is 6.48. The average Bonchev–Trinajstić information content (AvgIpc) is 2.41. The Labute approximate surface area is 131 Å². The predicted molar refractivity (Wildman–Crippen MR) is 78.8 cm³/mol. The second-order valence-corrected chi connectivity index (χ2v) is 5.87. The van der Waals surface area contributed by atoms with E-state index in [1.54, 1.807) is 12.1 Å². The highest BCUT2D eigenvalue weighted by atomic mass is 79.9. The van der Waals surface area contributed by atoms with E-state index < -0.39 is 17.7 Å². The molecule has 0 radical (unpaired) electrons. The summed E-state index contributed by atoms with van der Waals surface area (Å²) >= 11 is 6.15. The van der Waals surface area contributed by atoms with Crippen LogP contribution in [0.5, 0.6) is 0 Å². The molecule has 1 atom stereocenters. The van der Waals surface area contributed by atoms with E-state index in [2.05, 4.69) is 31.9 Å². The third-order valence-corrected chi connectivity index (χ3v) is 4.63. The van der Waals surface area contributed by atoms with Crippen molar-refractivity contribution in [1.82, 2.24) is 0 Å². The fraction of sp³-hybridized carbons (Fsp3) is 0.143. The van der Waals surface area contributed by atoms with E-state index in [1.807, 2.05) is 0 Å². The Bertz CT molecular complexity index is 647. The van der Waals surface area contributed by atoms with Crippen LogP contribution in [0.25, 0.3) is 0 Å². The van der Waals surface area contributed by atoms with E-state index in [4.69, 9.17) is 5.73 Å². The Morgan fingerprint density at radius 1 is 0.950 bits per heavy atom. The molecule has 2 aromatic carbocycles. The molecule has 0 aliphatic rings. The number of benzene rings is 2. The smallest absolute Gasteiger partial charge is 0.173 e. The van der Waals surface area contributed by atoms with Gasteiger partial charge in [0.1, 0.15) is 5.82 Å². The lowest BCUT2D eigenvalue weighted by atomic mass is 9.99. The van der Waals surface area contributed by atoms with Crippen molar-refractivity contribution in [3.05, 3.63) is 67.9 Å². The second kappa shape index (κ2) is 6.28. The highest BCUT2D eigenvalue weighted by Crippen LogP contribution is 2.30. The molecule has 0 heterocycles. The van der Waals surface area contributed by atoms with Crippen molar-refractivity contribution in [3.63, 3.8) is 0 Å². The first kappa shape index (κ1) is 15.5. The minimum Gasteiger partial charge on any atom is -0.324 e. The molecule has 0 bridgehead atoms. The summed E-state index contributed by atoms with van der Waals surface area (Å²) in [5.41, 5.74) is 7.10. The predicted octanol–water partition coefficient (Wildman–Crippen LogP) is 4.87. The van der Waals surface area contributed by atoms with E-state index in [9.17, 15) is 13.2 Å². The molecule has 106 valence electrons. The van der Waals surface area contributed by atoms with Crippen LogP contribution in [0.15, 0.2) is 39.3 Å². The van der Waals surface area contributed by atoms with Gasteiger partial charge in [-0.3, -0.25) is 0 Å². The lowest BCUT2D eigenvalue weighted by Crippen LogP contribution is -2.15. The van der Waals surface area contributed by atoms with Gasteiger partial charge in [0.05, 0.1) is 8.95 Å². The third-order valence-electron chi connectivity index (χ3n) is 2.94. The highest BCUT2D eigenvalue weighted by Gasteiger charge is 2.18. The largest absolute Gasteiger partial charge is 0.324 e. The summed E-state index contributed by atoms with van der Waals surface area (Å²) in [5.74, 6) is -2.31. The maximum atomic E-state index is 13.5. The van der Waals surface area contributed by atoms with Gasteiger partial charge in [0, 0.05) is 6.04 Å². The molecular weight excluding hydrogens is 399 g/mol. The summed E-state index contributed by atoms with van der Waals surface area (Å²) in [4.78, 5) is 0. The fourth-order valence-electron chi connectivity index (χ4n) is 1.88. The fourth-order valence-corrected chi connectivity index (χ4v) is 2.92. The summed E-state index contributed by atoms with van der Waals surface area (Å²) in [6.07, 6.45) is 0.294. The number of nitrogens with two attached hydrogens (primary N) is 1. The molecule has 6 heteroatoms. The van der Waals surface area contributed by atoms with E-state index >= 15 is 0 Å². The average molecular weight is 409 g/mol. The molecular formula is C14H10Br2F3N. The Morgan fingerprint density at radius 3 is 2.35 bits per heavy atom. The molecule has 0 fully saturated rings. The van der Waals surface area contributed by atoms with Gasteiger partial charge in [-0.25, -0.2) is 13.2 Å². The first-order chi connectivity index (χ1) is 9.41.